The standard InChI is InChI=1S/C11H14N2S/c12-11(13-9-6-7-9)8-14-10-4-2-1-3-5-10/h1-5,9H,6-8H2,(H2,12,13). The highest BCUT2D eigenvalue weighted by atomic mass is 32.2. The van der Waals surface area contributed by atoms with E-state index in [1.807, 2.05) is 18.2 Å². The Balaban J connectivity index is 1.82. The molecule has 0 radical (unpaired) electrons. The third kappa shape index (κ3) is 3.07. The van der Waals surface area contributed by atoms with E-state index in [2.05, 4.69) is 17.1 Å². The molecule has 0 heterocycles. The molecule has 1 aromatic carbocycles. The maximum atomic E-state index is 5.79. The minimum absolute atomic E-state index is 0.534. The van der Waals surface area contributed by atoms with Gasteiger partial charge in [0, 0.05) is 4.90 Å². The van der Waals surface area contributed by atoms with E-state index in [0.717, 1.165) is 11.6 Å². The second-order valence-electron chi connectivity index (χ2n) is 3.45. The van der Waals surface area contributed by atoms with Crippen molar-refractivity contribution in [3.63, 3.8) is 0 Å². The van der Waals surface area contributed by atoms with Gasteiger partial charge in [0.2, 0.25) is 0 Å². The van der Waals surface area contributed by atoms with E-state index in [0.29, 0.717) is 6.04 Å². The fourth-order valence-corrected chi connectivity index (χ4v) is 1.89. The van der Waals surface area contributed by atoms with E-state index in [-0.39, 0.29) is 0 Å². The summed E-state index contributed by atoms with van der Waals surface area (Å²) in [6.07, 6.45) is 2.44. The van der Waals surface area contributed by atoms with Crippen LogP contribution in [0.1, 0.15) is 12.8 Å². The van der Waals surface area contributed by atoms with Crippen molar-refractivity contribution >= 4 is 17.6 Å². The fourth-order valence-electron chi connectivity index (χ4n) is 1.15. The maximum absolute atomic E-state index is 5.79. The summed E-state index contributed by atoms with van der Waals surface area (Å²) in [5, 5.41) is 0. The summed E-state index contributed by atoms with van der Waals surface area (Å²) in [6, 6.07) is 10.8. The van der Waals surface area contributed by atoms with Crippen LogP contribution in [-0.4, -0.2) is 17.6 Å². The Labute approximate surface area is 88.6 Å². The quantitative estimate of drug-likeness (QED) is 0.466. The molecule has 1 fully saturated rings. The van der Waals surface area contributed by atoms with Gasteiger partial charge >= 0.3 is 0 Å². The molecule has 3 heteroatoms. The number of benzene rings is 1. The van der Waals surface area contributed by atoms with E-state index >= 15 is 0 Å². The van der Waals surface area contributed by atoms with Crippen LogP contribution in [0.2, 0.25) is 0 Å². The van der Waals surface area contributed by atoms with Gasteiger partial charge in [0.25, 0.3) is 0 Å². The molecule has 1 aliphatic rings. The fraction of sp³-hybridized carbons (Fsp3) is 0.364. The molecule has 2 N–H and O–H groups in total. The van der Waals surface area contributed by atoms with Gasteiger partial charge in [-0.2, -0.15) is 0 Å². The van der Waals surface area contributed by atoms with Gasteiger partial charge < -0.3 is 5.73 Å². The summed E-state index contributed by atoms with van der Waals surface area (Å²) in [7, 11) is 0. The molecule has 0 bridgehead atoms. The van der Waals surface area contributed by atoms with E-state index < -0.39 is 0 Å². The van der Waals surface area contributed by atoms with Gasteiger partial charge in [-0.25, -0.2) is 0 Å². The Kier molecular flexibility index (Phi) is 3.09. The molecule has 0 amide bonds. The lowest BCUT2D eigenvalue weighted by Crippen LogP contribution is -2.15. The Morgan fingerprint density at radius 2 is 2.07 bits per heavy atom. The summed E-state index contributed by atoms with van der Waals surface area (Å²) < 4.78 is 0. The van der Waals surface area contributed by atoms with E-state index in [1.165, 1.54) is 17.7 Å². The average molecular weight is 206 g/mol. The molecule has 0 spiro atoms. The summed E-state index contributed by atoms with van der Waals surface area (Å²) in [5.41, 5.74) is 5.79. The monoisotopic (exact) mass is 206 g/mol. The first kappa shape index (κ1) is 9.59. The van der Waals surface area contributed by atoms with Crippen LogP contribution in [0.15, 0.2) is 40.2 Å². The number of thioether (sulfide) groups is 1. The van der Waals surface area contributed by atoms with Crippen molar-refractivity contribution in [2.24, 2.45) is 10.7 Å². The lowest BCUT2D eigenvalue weighted by molar-refractivity contribution is 1.06. The molecule has 2 rings (SSSR count). The van der Waals surface area contributed by atoms with Crippen LogP contribution in [0.25, 0.3) is 0 Å². The van der Waals surface area contributed by atoms with Crippen molar-refractivity contribution in [2.45, 2.75) is 23.8 Å². The van der Waals surface area contributed by atoms with Gasteiger partial charge in [0.05, 0.1) is 11.8 Å². The zero-order valence-corrected chi connectivity index (χ0v) is 8.83. The molecule has 0 atom stereocenters. The summed E-state index contributed by atoms with van der Waals surface area (Å²) in [4.78, 5) is 5.63. The third-order valence-electron chi connectivity index (χ3n) is 2.03. The highest BCUT2D eigenvalue weighted by Gasteiger charge is 2.20. The Morgan fingerprint density at radius 3 is 2.71 bits per heavy atom. The number of nitrogens with zero attached hydrogens (tertiary/aromatic N) is 1. The van der Waals surface area contributed by atoms with Crippen molar-refractivity contribution in [3.8, 4) is 0 Å². The topological polar surface area (TPSA) is 38.4 Å². The number of hydrogen-bond donors (Lipinski definition) is 1. The van der Waals surface area contributed by atoms with Crippen LogP contribution in [-0.2, 0) is 0 Å². The van der Waals surface area contributed by atoms with Crippen LogP contribution in [0, 0.1) is 0 Å². The van der Waals surface area contributed by atoms with Crippen molar-refractivity contribution in [3.05, 3.63) is 30.3 Å². The zero-order chi connectivity index (χ0) is 9.80. The van der Waals surface area contributed by atoms with Gasteiger partial charge in [0.1, 0.15) is 5.84 Å². The molecule has 1 saturated carbocycles. The molecule has 0 aromatic heterocycles. The third-order valence-corrected chi connectivity index (χ3v) is 3.07. The second kappa shape index (κ2) is 4.51. The van der Waals surface area contributed by atoms with Crippen LogP contribution in [0.3, 0.4) is 0 Å². The molecule has 0 saturated heterocycles. The number of nitrogens with two attached hydrogens (primary N) is 1. The molecule has 0 unspecified atom stereocenters. The van der Waals surface area contributed by atoms with Crippen molar-refractivity contribution < 1.29 is 0 Å². The Morgan fingerprint density at radius 1 is 1.36 bits per heavy atom. The normalized spacial score (nSPS) is 17.0. The summed E-state index contributed by atoms with van der Waals surface area (Å²) in [5.74, 6) is 1.59. The van der Waals surface area contributed by atoms with Crippen LogP contribution >= 0.6 is 11.8 Å². The van der Waals surface area contributed by atoms with Gasteiger partial charge in [-0.05, 0) is 25.0 Å². The molecule has 14 heavy (non-hydrogen) atoms. The van der Waals surface area contributed by atoms with Crippen LogP contribution < -0.4 is 5.73 Å². The molecular formula is C11H14N2S. The first-order valence-corrected chi connectivity index (χ1v) is 5.83. The SMILES string of the molecule is NC(CSc1ccccc1)=NC1CC1. The second-order valence-corrected chi connectivity index (χ2v) is 4.50. The van der Waals surface area contributed by atoms with Crippen molar-refractivity contribution in [2.75, 3.05) is 5.75 Å². The number of hydrogen-bond acceptors (Lipinski definition) is 2. The maximum Gasteiger partial charge on any atom is 0.104 e. The summed E-state index contributed by atoms with van der Waals surface area (Å²) in [6.45, 7) is 0. The lowest BCUT2D eigenvalue weighted by Gasteiger charge is -2.00. The number of aliphatic imine (C=N–C) groups is 1. The van der Waals surface area contributed by atoms with Gasteiger partial charge in [-0.3, -0.25) is 4.99 Å². The van der Waals surface area contributed by atoms with E-state index in [1.54, 1.807) is 11.8 Å². The Bertz CT molecular complexity index is 317. The molecular weight excluding hydrogens is 192 g/mol. The molecule has 74 valence electrons. The zero-order valence-electron chi connectivity index (χ0n) is 8.02. The number of rotatable bonds is 4. The minimum atomic E-state index is 0.534. The molecule has 0 aliphatic heterocycles. The molecule has 1 aromatic rings. The van der Waals surface area contributed by atoms with Gasteiger partial charge in [-0.1, -0.05) is 18.2 Å². The number of amidine groups is 1. The van der Waals surface area contributed by atoms with Crippen LogP contribution in [0.4, 0.5) is 0 Å². The molecule has 2 nitrogen and oxygen atoms in total. The predicted octanol–water partition coefficient (Wildman–Crippen LogP) is 2.30. The molecule has 1 aliphatic carbocycles. The van der Waals surface area contributed by atoms with E-state index in [4.69, 9.17) is 5.73 Å². The van der Waals surface area contributed by atoms with Gasteiger partial charge in [0.15, 0.2) is 0 Å². The smallest absolute Gasteiger partial charge is 0.104 e. The highest BCUT2D eigenvalue weighted by molar-refractivity contribution is 8.00. The first-order valence-electron chi connectivity index (χ1n) is 4.84. The average Bonchev–Trinajstić information content (AvgIpc) is 3.00. The predicted molar refractivity (Wildman–Crippen MR) is 61.8 cm³/mol. The largest absolute Gasteiger partial charge is 0.387 e. The van der Waals surface area contributed by atoms with Crippen molar-refractivity contribution in [1.82, 2.24) is 0 Å². The van der Waals surface area contributed by atoms with Crippen LogP contribution in [0.5, 0.6) is 0 Å². The van der Waals surface area contributed by atoms with E-state index in [9.17, 15) is 0 Å². The van der Waals surface area contributed by atoms with Gasteiger partial charge in [-0.15, -0.1) is 11.8 Å². The lowest BCUT2D eigenvalue weighted by atomic mass is 10.4. The minimum Gasteiger partial charge on any atom is -0.387 e. The first-order chi connectivity index (χ1) is 6.84. The summed E-state index contributed by atoms with van der Waals surface area (Å²) >= 11 is 1.74. The van der Waals surface area contributed by atoms with Crippen molar-refractivity contribution in [1.29, 1.82) is 0 Å². The highest BCUT2D eigenvalue weighted by Crippen LogP contribution is 2.24. The Hall–Kier alpha value is -0.960.